The molecule has 0 aliphatic rings. The Hall–Kier alpha value is -4.12. The number of carbonyl (C=O) groups is 2. The number of halogens is 1. The Labute approximate surface area is 240 Å². The van der Waals surface area contributed by atoms with Gasteiger partial charge in [-0.05, 0) is 69.7 Å². The average molecular weight is 586 g/mol. The molecule has 3 aromatic carbocycles. The second kappa shape index (κ2) is 13.5. The third kappa shape index (κ3) is 7.75. The molecule has 3 rings (SSSR count). The number of hydrogen-bond acceptors (Lipinski definition) is 6. The Kier molecular flexibility index (Phi) is 10.3. The first-order valence-electron chi connectivity index (χ1n) is 13.0. The fourth-order valence-corrected chi connectivity index (χ4v) is 5.55. The summed E-state index contributed by atoms with van der Waals surface area (Å²) in [6, 6.07) is 15.2. The molecule has 1 N–H and O–H groups in total. The van der Waals surface area contributed by atoms with Crippen molar-refractivity contribution >= 4 is 27.5 Å². The molecule has 11 heteroatoms. The van der Waals surface area contributed by atoms with Gasteiger partial charge in [-0.2, -0.15) is 0 Å². The Morgan fingerprint density at radius 2 is 1.51 bits per heavy atom. The third-order valence-corrected chi connectivity index (χ3v) is 8.18. The molecule has 220 valence electrons. The van der Waals surface area contributed by atoms with Gasteiger partial charge in [-0.3, -0.25) is 13.9 Å². The highest BCUT2D eigenvalue weighted by Gasteiger charge is 2.33. The van der Waals surface area contributed by atoms with Gasteiger partial charge < -0.3 is 19.7 Å². The quantitative estimate of drug-likeness (QED) is 0.340. The van der Waals surface area contributed by atoms with Crippen molar-refractivity contribution in [2.45, 2.75) is 51.2 Å². The van der Waals surface area contributed by atoms with Gasteiger partial charge in [0, 0.05) is 18.7 Å². The molecule has 0 bridgehead atoms. The van der Waals surface area contributed by atoms with Gasteiger partial charge in [-0.1, -0.05) is 29.8 Å². The number of methoxy groups -OCH3 is 2. The minimum Gasteiger partial charge on any atom is -0.493 e. The second-order valence-electron chi connectivity index (χ2n) is 9.85. The summed E-state index contributed by atoms with van der Waals surface area (Å²) in [6.07, 6.45) is 0. The van der Waals surface area contributed by atoms with Crippen LogP contribution in [0.15, 0.2) is 71.6 Å². The molecular formula is C30H36FN3O6S. The van der Waals surface area contributed by atoms with Crippen LogP contribution in [-0.4, -0.2) is 58.0 Å². The summed E-state index contributed by atoms with van der Waals surface area (Å²) in [5.41, 5.74) is 1.87. The lowest BCUT2D eigenvalue weighted by molar-refractivity contribution is -0.139. The molecule has 41 heavy (non-hydrogen) atoms. The maximum absolute atomic E-state index is 14.0. The van der Waals surface area contributed by atoms with Gasteiger partial charge in [0.1, 0.15) is 18.4 Å². The lowest BCUT2D eigenvalue weighted by atomic mass is 10.1. The summed E-state index contributed by atoms with van der Waals surface area (Å²) < 4.78 is 53.1. The van der Waals surface area contributed by atoms with Crippen molar-refractivity contribution in [1.82, 2.24) is 10.2 Å². The van der Waals surface area contributed by atoms with Gasteiger partial charge in [0.05, 0.1) is 24.8 Å². The number of anilines is 1. The zero-order chi connectivity index (χ0) is 30.3. The molecule has 0 heterocycles. The van der Waals surface area contributed by atoms with Crippen molar-refractivity contribution in [1.29, 1.82) is 0 Å². The summed E-state index contributed by atoms with van der Waals surface area (Å²) in [5, 5.41) is 2.81. The van der Waals surface area contributed by atoms with Crippen LogP contribution >= 0.6 is 0 Å². The molecule has 0 radical (unpaired) electrons. The van der Waals surface area contributed by atoms with Crippen LogP contribution in [0.1, 0.15) is 31.9 Å². The summed E-state index contributed by atoms with van der Waals surface area (Å²) in [5.74, 6) is -1.06. The van der Waals surface area contributed by atoms with E-state index in [0.717, 1.165) is 27.6 Å². The van der Waals surface area contributed by atoms with Crippen LogP contribution in [-0.2, 0) is 26.2 Å². The number of amides is 2. The molecule has 0 unspecified atom stereocenters. The Balaban J connectivity index is 2.06. The summed E-state index contributed by atoms with van der Waals surface area (Å²) in [6.45, 7) is 6.57. The third-order valence-electron chi connectivity index (χ3n) is 6.41. The van der Waals surface area contributed by atoms with Crippen LogP contribution in [0.4, 0.5) is 10.1 Å². The zero-order valence-electron chi connectivity index (χ0n) is 24.0. The van der Waals surface area contributed by atoms with Crippen molar-refractivity contribution in [2.75, 3.05) is 25.1 Å². The Bertz CT molecular complexity index is 1460. The van der Waals surface area contributed by atoms with E-state index in [0.29, 0.717) is 5.75 Å². The molecule has 9 nitrogen and oxygen atoms in total. The summed E-state index contributed by atoms with van der Waals surface area (Å²) in [7, 11) is -1.57. The molecule has 0 saturated heterocycles. The van der Waals surface area contributed by atoms with Crippen LogP contribution in [0.5, 0.6) is 11.5 Å². The van der Waals surface area contributed by atoms with E-state index < -0.39 is 34.3 Å². The molecule has 3 aromatic rings. The van der Waals surface area contributed by atoms with E-state index in [4.69, 9.17) is 9.47 Å². The largest absolute Gasteiger partial charge is 0.493 e. The number of nitrogens with one attached hydrogen (secondary N) is 1. The fraction of sp³-hybridized carbons (Fsp3) is 0.333. The molecule has 0 aliphatic carbocycles. The summed E-state index contributed by atoms with van der Waals surface area (Å²) >= 11 is 0. The van der Waals surface area contributed by atoms with Gasteiger partial charge in [-0.25, -0.2) is 12.8 Å². The van der Waals surface area contributed by atoms with Crippen LogP contribution in [0.2, 0.25) is 0 Å². The molecule has 0 aromatic heterocycles. The first-order valence-corrected chi connectivity index (χ1v) is 14.5. The first-order chi connectivity index (χ1) is 19.4. The Morgan fingerprint density at radius 1 is 0.902 bits per heavy atom. The van der Waals surface area contributed by atoms with Gasteiger partial charge >= 0.3 is 0 Å². The number of carbonyl (C=O) groups excluding carboxylic acids is 2. The number of aryl methyl sites for hydroxylation is 1. The normalized spacial score (nSPS) is 12.0. The van der Waals surface area contributed by atoms with Crippen molar-refractivity contribution < 1.29 is 31.9 Å². The number of ether oxygens (including phenoxy) is 2. The average Bonchev–Trinajstić information content (AvgIpc) is 2.94. The first kappa shape index (κ1) is 31.4. The lowest BCUT2D eigenvalue weighted by Gasteiger charge is -2.32. The van der Waals surface area contributed by atoms with Crippen molar-refractivity contribution in [3.63, 3.8) is 0 Å². The molecule has 0 aliphatic heterocycles. The van der Waals surface area contributed by atoms with E-state index in [-0.39, 0.29) is 34.8 Å². The number of nitrogens with zero attached hydrogens (tertiary/aromatic N) is 2. The molecular weight excluding hydrogens is 549 g/mol. The highest BCUT2D eigenvalue weighted by atomic mass is 32.2. The highest BCUT2D eigenvalue weighted by Crippen LogP contribution is 2.32. The number of sulfonamides is 1. The zero-order valence-corrected chi connectivity index (χ0v) is 24.9. The topological polar surface area (TPSA) is 105 Å². The molecule has 0 fully saturated rings. The minimum atomic E-state index is -4.37. The van der Waals surface area contributed by atoms with Gasteiger partial charge in [0.2, 0.25) is 11.8 Å². The van der Waals surface area contributed by atoms with Gasteiger partial charge in [-0.15, -0.1) is 0 Å². The van der Waals surface area contributed by atoms with Crippen LogP contribution in [0.3, 0.4) is 0 Å². The Morgan fingerprint density at radius 3 is 2.07 bits per heavy atom. The SMILES string of the molecule is COc1ccc(S(=O)(=O)N(CC(=O)N(Cc2ccc(C)cc2)[C@@H](C)C(=O)NC(C)C)c2ccc(F)cc2)cc1OC. The van der Waals surface area contributed by atoms with E-state index in [1.165, 1.54) is 49.5 Å². The fourth-order valence-electron chi connectivity index (χ4n) is 4.12. The number of benzene rings is 3. The lowest BCUT2D eigenvalue weighted by Crippen LogP contribution is -2.52. The summed E-state index contributed by atoms with van der Waals surface area (Å²) in [4.78, 5) is 28.1. The van der Waals surface area contributed by atoms with Crippen LogP contribution in [0, 0.1) is 12.7 Å². The van der Waals surface area contributed by atoms with E-state index in [2.05, 4.69) is 5.32 Å². The molecule has 1 atom stereocenters. The van der Waals surface area contributed by atoms with E-state index in [9.17, 15) is 22.4 Å². The minimum absolute atomic E-state index is 0.0689. The van der Waals surface area contributed by atoms with Gasteiger partial charge in [0.25, 0.3) is 10.0 Å². The van der Waals surface area contributed by atoms with Crippen molar-refractivity contribution in [3.8, 4) is 11.5 Å². The standard InChI is InChI=1S/C30H36FN3O6S/c1-20(2)32-30(36)22(4)33(18-23-9-7-21(3)8-10-23)29(35)19-34(25-13-11-24(31)12-14-25)41(37,38)26-15-16-27(39-5)28(17-26)40-6/h7-17,20,22H,18-19H2,1-6H3,(H,32,36)/t22-/m0/s1. The van der Waals surface area contributed by atoms with Crippen molar-refractivity contribution in [2.24, 2.45) is 0 Å². The predicted octanol–water partition coefficient (Wildman–Crippen LogP) is 4.29. The molecule has 2 amide bonds. The van der Waals surface area contributed by atoms with E-state index >= 15 is 0 Å². The van der Waals surface area contributed by atoms with E-state index in [1.54, 1.807) is 6.92 Å². The highest BCUT2D eigenvalue weighted by molar-refractivity contribution is 7.92. The van der Waals surface area contributed by atoms with Crippen LogP contribution in [0.25, 0.3) is 0 Å². The predicted molar refractivity (Wildman–Crippen MR) is 155 cm³/mol. The monoisotopic (exact) mass is 585 g/mol. The smallest absolute Gasteiger partial charge is 0.264 e. The van der Waals surface area contributed by atoms with Crippen molar-refractivity contribution in [3.05, 3.63) is 83.7 Å². The molecule has 0 saturated carbocycles. The number of hydrogen-bond donors (Lipinski definition) is 1. The number of rotatable bonds is 12. The van der Waals surface area contributed by atoms with Crippen LogP contribution < -0.4 is 19.1 Å². The maximum Gasteiger partial charge on any atom is 0.264 e. The maximum atomic E-state index is 14.0. The second-order valence-corrected chi connectivity index (χ2v) is 11.7. The van der Waals surface area contributed by atoms with E-state index in [1.807, 2.05) is 45.0 Å². The molecule has 0 spiro atoms. The van der Waals surface area contributed by atoms with Gasteiger partial charge in [0.15, 0.2) is 11.5 Å².